The minimum atomic E-state index is 0. The topological polar surface area (TPSA) is 21.1 Å². The summed E-state index contributed by atoms with van der Waals surface area (Å²) in [7, 11) is 0. The third-order valence-corrected chi connectivity index (χ3v) is 5.24. The molecule has 0 atom stereocenters. The average molecular weight is 433 g/mol. The maximum atomic E-state index is 6.38. The fourth-order valence-corrected chi connectivity index (χ4v) is 3.77. The van der Waals surface area contributed by atoms with Crippen molar-refractivity contribution in [1.82, 2.24) is 14.5 Å². The number of hydrogen-bond acceptors (Lipinski definition) is 2. The normalized spacial score (nSPS) is 14.2. The SMILES string of the molecule is Cl.Cl.Clc1ccc(Cl)c(Cn2c(CN3CCCC3)nc3ccccc32)c1. The van der Waals surface area contributed by atoms with Crippen molar-refractivity contribution < 1.29 is 0 Å². The molecular weight excluding hydrogens is 412 g/mol. The van der Waals surface area contributed by atoms with Crippen LogP contribution in [0.3, 0.4) is 0 Å². The van der Waals surface area contributed by atoms with E-state index in [-0.39, 0.29) is 24.8 Å². The van der Waals surface area contributed by atoms with Crippen molar-refractivity contribution >= 4 is 59.0 Å². The number of nitrogens with zero attached hydrogens (tertiary/aromatic N) is 3. The van der Waals surface area contributed by atoms with Gasteiger partial charge in [0.15, 0.2) is 0 Å². The van der Waals surface area contributed by atoms with Gasteiger partial charge in [0.05, 0.1) is 24.1 Å². The number of imidazole rings is 1. The highest BCUT2D eigenvalue weighted by Crippen LogP contribution is 2.25. The molecule has 1 aliphatic rings. The van der Waals surface area contributed by atoms with Crippen molar-refractivity contribution in [3.63, 3.8) is 0 Å². The molecule has 2 aromatic carbocycles. The highest BCUT2D eigenvalue weighted by atomic mass is 35.5. The molecule has 0 radical (unpaired) electrons. The molecule has 1 saturated heterocycles. The van der Waals surface area contributed by atoms with Crippen LogP contribution in [0.25, 0.3) is 11.0 Å². The van der Waals surface area contributed by atoms with Gasteiger partial charge in [-0.25, -0.2) is 4.98 Å². The minimum absolute atomic E-state index is 0. The van der Waals surface area contributed by atoms with Crippen molar-refractivity contribution in [2.24, 2.45) is 0 Å². The van der Waals surface area contributed by atoms with Crippen LogP contribution in [0.1, 0.15) is 24.2 Å². The van der Waals surface area contributed by atoms with Gasteiger partial charge in [-0.05, 0) is 61.8 Å². The predicted molar refractivity (Wildman–Crippen MR) is 114 cm³/mol. The highest BCUT2D eigenvalue weighted by molar-refractivity contribution is 6.33. The summed E-state index contributed by atoms with van der Waals surface area (Å²) < 4.78 is 2.27. The summed E-state index contributed by atoms with van der Waals surface area (Å²) in [5, 5.41) is 1.45. The van der Waals surface area contributed by atoms with E-state index in [0.717, 1.165) is 47.1 Å². The number of likely N-dealkylation sites (tertiary alicyclic amines) is 1. The van der Waals surface area contributed by atoms with Crippen molar-refractivity contribution in [3.05, 3.63) is 63.9 Å². The molecule has 0 amide bonds. The monoisotopic (exact) mass is 431 g/mol. The summed E-state index contributed by atoms with van der Waals surface area (Å²) in [4.78, 5) is 7.34. The van der Waals surface area contributed by atoms with E-state index in [1.54, 1.807) is 0 Å². The zero-order chi connectivity index (χ0) is 16.5. The van der Waals surface area contributed by atoms with Gasteiger partial charge in [0.1, 0.15) is 5.82 Å². The molecule has 4 rings (SSSR count). The molecule has 3 aromatic rings. The number of rotatable bonds is 4. The molecule has 1 fully saturated rings. The van der Waals surface area contributed by atoms with Crippen LogP contribution in [-0.2, 0) is 13.1 Å². The molecular formula is C19H21Cl4N3. The van der Waals surface area contributed by atoms with Gasteiger partial charge in [0, 0.05) is 10.0 Å². The number of hydrogen-bond donors (Lipinski definition) is 0. The Kier molecular flexibility index (Phi) is 7.63. The van der Waals surface area contributed by atoms with Crippen molar-refractivity contribution in [1.29, 1.82) is 0 Å². The molecule has 0 spiro atoms. The number of aromatic nitrogens is 2. The molecule has 0 unspecified atom stereocenters. The van der Waals surface area contributed by atoms with E-state index < -0.39 is 0 Å². The van der Waals surface area contributed by atoms with Crippen LogP contribution in [0, 0.1) is 0 Å². The molecule has 0 bridgehead atoms. The third kappa shape index (κ3) is 4.47. The largest absolute Gasteiger partial charge is 0.322 e. The van der Waals surface area contributed by atoms with Gasteiger partial charge in [0.25, 0.3) is 0 Å². The van der Waals surface area contributed by atoms with Gasteiger partial charge in [-0.3, -0.25) is 4.90 Å². The van der Waals surface area contributed by atoms with Crippen LogP contribution >= 0.6 is 48.0 Å². The summed E-state index contributed by atoms with van der Waals surface area (Å²) in [5.41, 5.74) is 3.20. The van der Waals surface area contributed by atoms with E-state index in [4.69, 9.17) is 28.2 Å². The van der Waals surface area contributed by atoms with Gasteiger partial charge < -0.3 is 4.57 Å². The summed E-state index contributed by atoms with van der Waals surface area (Å²) in [6.07, 6.45) is 2.56. The van der Waals surface area contributed by atoms with Crippen LogP contribution < -0.4 is 0 Å². The van der Waals surface area contributed by atoms with Gasteiger partial charge in [-0.1, -0.05) is 35.3 Å². The van der Waals surface area contributed by atoms with Gasteiger partial charge in [0.2, 0.25) is 0 Å². The lowest BCUT2D eigenvalue weighted by atomic mass is 10.2. The van der Waals surface area contributed by atoms with E-state index in [2.05, 4.69) is 27.7 Å². The first-order chi connectivity index (χ1) is 11.7. The van der Waals surface area contributed by atoms with E-state index in [9.17, 15) is 0 Å². The number of fused-ring (bicyclic) bond motifs is 1. The lowest BCUT2D eigenvalue weighted by molar-refractivity contribution is 0.318. The Balaban J connectivity index is 0.00000121. The molecule has 1 aliphatic heterocycles. The molecule has 0 saturated carbocycles. The smallest absolute Gasteiger partial charge is 0.124 e. The number of halogens is 4. The highest BCUT2D eigenvalue weighted by Gasteiger charge is 2.18. The van der Waals surface area contributed by atoms with Crippen LogP contribution in [-0.4, -0.2) is 27.5 Å². The molecule has 140 valence electrons. The van der Waals surface area contributed by atoms with Crippen molar-refractivity contribution in [2.75, 3.05) is 13.1 Å². The predicted octanol–water partition coefficient (Wildman–Crippen LogP) is 5.83. The number of benzene rings is 2. The van der Waals surface area contributed by atoms with Crippen LogP contribution in [0.4, 0.5) is 0 Å². The Morgan fingerprint density at radius 2 is 1.65 bits per heavy atom. The first-order valence-corrected chi connectivity index (χ1v) is 9.07. The molecule has 2 heterocycles. The Hall–Kier alpha value is -0.970. The second-order valence-electron chi connectivity index (χ2n) is 6.32. The first kappa shape index (κ1) is 21.3. The van der Waals surface area contributed by atoms with E-state index in [1.165, 1.54) is 12.8 Å². The van der Waals surface area contributed by atoms with Gasteiger partial charge in [-0.2, -0.15) is 0 Å². The third-order valence-electron chi connectivity index (χ3n) is 4.63. The summed E-state index contributed by atoms with van der Waals surface area (Å²) in [6.45, 7) is 3.87. The molecule has 3 nitrogen and oxygen atoms in total. The van der Waals surface area contributed by atoms with E-state index in [1.807, 2.05) is 24.3 Å². The maximum Gasteiger partial charge on any atom is 0.124 e. The Morgan fingerprint density at radius 3 is 2.42 bits per heavy atom. The minimum Gasteiger partial charge on any atom is -0.322 e. The second kappa shape index (κ2) is 9.29. The lowest BCUT2D eigenvalue weighted by Crippen LogP contribution is -2.21. The Morgan fingerprint density at radius 1 is 0.923 bits per heavy atom. The zero-order valence-corrected chi connectivity index (χ0v) is 17.3. The Bertz CT molecular complexity index is 872. The first-order valence-electron chi connectivity index (χ1n) is 8.31. The fraction of sp³-hybridized carbons (Fsp3) is 0.316. The summed E-state index contributed by atoms with van der Waals surface area (Å²) in [6, 6.07) is 13.9. The molecule has 26 heavy (non-hydrogen) atoms. The van der Waals surface area contributed by atoms with Gasteiger partial charge >= 0.3 is 0 Å². The Labute approximate surface area is 176 Å². The molecule has 0 N–H and O–H groups in total. The molecule has 1 aromatic heterocycles. The zero-order valence-electron chi connectivity index (χ0n) is 14.2. The van der Waals surface area contributed by atoms with Crippen molar-refractivity contribution in [3.8, 4) is 0 Å². The fourth-order valence-electron chi connectivity index (χ4n) is 3.40. The quantitative estimate of drug-likeness (QED) is 0.516. The second-order valence-corrected chi connectivity index (χ2v) is 7.17. The lowest BCUT2D eigenvalue weighted by Gasteiger charge is -2.16. The van der Waals surface area contributed by atoms with Crippen LogP contribution in [0.15, 0.2) is 42.5 Å². The number of para-hydroxylation sites is 2. The average Bonchev–Trinajstić information content (AvgIpc) is 3.20. The summed E-state index contributed by atoms with van der Waals surface area (Å²) in [5.74, 6) is 1.09. The van der Waals surface area contributed by atoms with Crippen LogP contribution in [0.5, 0.6) is 0 Å². The van der Waals surface area contributed by atoms with Crippen molar-refractivity contribution in [2.45, 2.75) is 25.9 Å². The maximum absolute atomic E-state index is 6.38. The molecule has 0 aliphatic carbocycles. The standard InChI is InChI=1S/C19H19Cl2N3.2ClH/c20-15-7-8-16(21)14(11-15)12-24-18-6-2-1-5-17(18)22-19(24)13-23-9-3-4-10-23;;/h1-2,5-8,11H,3-4,9-10,12-13H2;2*1H. The molecule has 7 heteroatoms. The van der Waals surface area contributed by atoms with E-state index in [0.29, 0.717) is 11.6 Å². The van der Waals surface area contributed by atoms with Gasteiger partial charge in [-0.15, -0.1) is 24.8 Å². The summed E-state index contributed by atoms with van der Waals surface area (Å²) >= 11 is 12.5. The van der Waals surface area contributed by atoms with E-state index >= 15 is 0 Å². The van der Waals surface area contributed by atoms with Crippen LogP contribution in [0.2, 0.25) is 10.0 Å².